The van der Waals surface area contributed by atoms with Crippen LogP contribution < -0.4 is 20.2 Å². The number of rotatable bonds is 8. The zero-order valence-electron chi connectivity index (χ0n) is 18.8. The zero-order chi connectivity index (χ0) is 23.8. The van der Waals surface area contributed by atoms with Crippen molar-refractivity contribution in [2.75, 3.05) is 26.7 Å². The molecule has 1 aliphatic heterocycles. The average molecular weight is 475 g/mol. The Labute approximate surface area is 194 Å². The number of urea groups is 1. The summed E-state index contributed by atoms with van der Waals surface area (Å²) >= 11 is 0. The number of nitrogens with one attached hydrogen (secondary N) is 3. The Kier molecular flexibility index (Phi) is 8.29. The van der Waals surface area contributed by atoms with Crippen LogP contribution in [0.15, 0.2) is 53.4 Å². The Morgan fingerprint density at radius 1 is 1.06 bits per heavy atom. The first-order chi connectivity index (χ1) is 15.8. The Morgan fingerprint density at radius 2 is 1.73 bits per heavy atom. The van der Waals surface area contributed by atoms with Crippen molar-refractivity contribution in [1.82, 2.24) is 20.5 Å². The number of amides is 3. The third kappa shape index (κ3) is 6.93. The molecule has 1 aliphatic rings. The lowest BCUT2D eigenvalue weighted by Gasteiger charge is -2.30. The lowest BCUT2D eigenvalue weighted by molar-refractivity contribution is 0.0951. The molecule has 1 saturated heterocycles. The first-order valence-electron chi connectivity index (χ1n) is 10.9. The molecular weight excluding hydrogens is 444 g/mol. The van der Waals surface area contributed by atoms with Crippen molar-refractivity contribution in [3.63, 3.8) is 0 Å². The van der Waals surface area contributed by atoms with E-state index in [1.54, 1.807) is 41.4 Å². The summed E-state index contributed by atoms with van der Waals surface area (Å²) in [5.41, 5.74) is 3.89. The molecule has 0 unspecified atom stereocenters. The van der Waals surface area contributed by atoms with Gasteiger partial charge >= 0.3 is 6.03 Å². The molecule has 0 spiro atoms. The van der Waals surface area contributed by atoms with E-state index in [9.17, 15) is 18.0 Å². The molecule has 1 heterocycles. The second-order valence-corrected chi connectivity index (χ2v) is 9.75. The monoisotopic (exact) mass is 474 g/mol. The summed E-state index contributed by atoms with van der Waals surface area (Å²) in [6.45, 7) is 3.91. The molecule has 3 N–H and O–H groups in total. The summed E-state index contributed by atoms with van der Waals surface area (Å²) in [4.78, 5) is 24.5. The third-order valence-corrected chi connectivity index (χ3v) is 6.90. The quantitative estimate of drug-likeness (QED) is 0.541. The van der Waals surface area contributed by atoms with Gasteiger partial charge in [-0.15, -0.1) is 0 Å². The second-order valence-electron chi connectivity index (χ2n) is 8.07. The van der Waals surface area contributed by atoms with Gasteiger partial charge in [0, 0.05) is 19.6 Å². The van der Waals surface area contributed by atoms with Gasteiger partial charge in [-0.3, -0.25) is 10.2 Å². The maximum Gasteiger partial charge on any atom is 0.343 e. The Morgan fingerprint density at radius 3 is 2.39 bits per heavy atom. The van der Waals surface area contributed by atoms with Crippen LogP contribution in [0, 0.1) is 5.92 Å². The van der Waals surface area contributed by atoms with E-state index in [0.29, 0.717) is 43.3 Å². The van der Waals surface area contributed by atoms with E-state index >= 15 is 0 Å². The highest BCUT2D eigenvalue weighted by Crippen LogP contribution is 2.17. The molecular formula is C23H30N4O5S. The first-order valence-corrected chi connectivity index (χ1v) is 12.4. The topological polar surface area (TPSA) is 117 Å². The van der Waals surface area contributed by atoms with E-state index in [-0.39, 0.29) is 10.8 Å². The zero-order valence-corrected chi connectivity index (χ0v) is 19.7. The van der Waals surface area contributed by atoms with E-state index < -0.39 is 16.1 Å². The first kappa shape index (κ1) is 24.5. The number of carbonyl (C=O) groups excluding carboxylic acids is 2. The minimum absolute atomic E-state index is 0.00766. The predicted octanol–water partition coefficient (Wildman–Crippen LogP) is 2.30. The van der Waals surface area contributed by atoms with Crippen molar-refractivity contribution in [1.29, 1.82) is 0 Å². The normalized spacial score (nSPS) is 15.0. The molecule has 0 bridgehead atoms. The summed E-state index contributed by atoms with van der Waals surface area (Å²) in [6, 6.07) is 12.4. The number of nitrogens with zero attached hydrogens (tertiary/aromatic N) is 1. The number of para-hydroxylation sites is 1. The number of hydrogen-bond donors (Lipinski definition) is 3. The van der Waals surface area contributed by atoms with Crippen molar-refractivity contribution in [2.24, 2.45) is 5.92 Å². The van der Waals surface area contributed by atoms with Gasteiger partial charge in [-0.2, -0.15) is 0 Å². The maximum absolute atomic E-state index is 12.5. The largest absolute Gasteiger partial charge is 0.496 e. The Balaban J connectivity index is 1.49. The highest BCUT2D eigenvalue weighted by molar-refractivity contribution is 7.90. The van der Waals surface area contributed by atoms with Gasteiger partial charge in [0.05, 0.1) is 17.6 Å². The van der Waals surface area contributed by atoms with Crippen molar-refractivity contribution in [3.8, 4) is 5.75 Å². The summed E-state index contributed by atoms with van der Waals surface area (Å²) in [5, 5.41) is 4.56. The van der Waals surface area contributed by atoms with E-state index in [1.807, 2.05) is 4.72 Å². The molecule has 0 saturated carbocycles. The number of hydrogen-bond acceptors (Lipinski definition) is 6. The van der Waals surface area contributed by atoms with Gasteiger partial charge in [0.2, 0.25) is 0 Å². The smallest absolute Gasteiger partial charge is 0.343 e. The summed E-state index contributed by atoms with van der Waals surface area (Å²) in [5.74, 6) is 0.851. The van der Waals surface area contributed by atoms with E-state index in [4.69, 9.17) is 4.74 Å². The van der Waals surface area contributed by atoms with Crippen molar-refractivity contribution >= 4 is 22.0 Å². The van der Waals surface area contributed by atoms with Crippen molar-refractivity contribution < 1.29 is 22.7 Å². The average Bonchev–Trinajstić information content (AvgIpc) is 2.80. The molecule has 178 valence electrons. The number of benzene rings is 2. The fraction of sp³-hybridized carbons (Fsp3) is 0.391. The molecule has 0 aromatic heterocycles. The van der Waals surface area contributed by atoms with Crippen LogP contribution in [0.2, 0.25) is 0 Å². The minimum Gasteiger partial charge on any atom is -0.496 e. The van der Waals surface area contributed by atoms with Gasteiger partial charge in [0.1, 0.15) is 5.75 Å². The molecule has 0 atom stereocenters. The van der Waals surface area contributed by atoms with Crippen LogP contribution in [-0.2, 0) is 16.4 Å². The van der Waals surface area contributed by atoms with Gasteiger partial charge in [-0.05, 0) is 55.0 Å². The second kappa shape index (κ2) is 11.2. The Hall–Kier alpha value is -3.11. The molecule has 2 aromatic carbocycles. The van der Waals surface area contributed by atoms with Gasteiger partial charge in [-0.25, -0.2) is 22.9 Å². The van der Waals surface area contributed by atoms with Gasteiger partial charge in [0.15, 0.2) is 0 Å². The standard InChI is InChI=1S/C23H30N4O5S/c1-17-12-15-27(16-13-17)25-23(29)26-33(30,31)19-9-7-18(8-10-19)11-14-24-22(28)20-5-3-4-6-21(20)32-2/h3-10,17H,11-16H2,1-2H3,(H,24,28)(H2,25,26,29). The van der Waals surface area contributed by atoms with E-state index in [0.717, 1.165) is 18.4 Å². The lowest BCUT2D eigenvalue weighted by Crippen LogP contribution is -2.51. The summed E-state index contributed by atoms with van der Waals surface area (Å²) in [7, 11) is -2.48. The SMILES string of the molecule is COc1ccccc1C(=O)NCCc1ccc(S(=O)(=O)NC(=O)NN2CCC(C)CC2)cc1. The van der Waals surface area contributed by atoms with E-state index in [2.05, 4.69) is 17.7 Å². The van der Waals surface area contributed by atoms with Crippen molar-refractivity contribution in [2.45, 2.75) is 31.1 Å². The molecule has 3 amide bonds. The Bertz CT molecular complexity index is 1060. The van der Waals surface area contributed by atoms with Crippen LogP contribution in [0.5, 0.6) is 5.75 Å². The highest BCUT2D eigenvalue weighted by Gasteiger charge is 2.21. The number of methoxy groups -OCH3 is 1. The summed E-state index contributed by atoms with van der Waals surface area (Å²) < 4.78 is 32.3. The minimum atomic E-state index is -3.99. The molecule has 1 fully saturated rings. The molecule has 10 heteroatoms. The number of carbonyl (C=O) groups is 2. The summed E-state index contributed by atoms with van der Waals surface area (Å²) in [6.07, 6.45) is 2.42. The molecule has 0 radical (unpaired) electrons. The lowest BCUT2D eigenvalue weighted by atomic mass is 10.0. The van der Waals surface area contributed by atoms with Crippen LogP contribution in [0.1, 0.15) is 35.7 Å². The van der Waals surface area contributed by atoms with Crippen LogP contribution in [-0.4, -0.2) is 52.1 Å². The van der Waals surface area contributed by atoms with Gasteiger partial charge in [0.25, 0.3) is 15.9 Å². The molecule has 9 nitrogen and oxygen atoms in total. The fourth-order valence-electron chi connectivity index (χ4n) is 3.55. The van der Waals surface area contributed by atoms with Crippen LogP contribution in [0.25, 0.3) is 0 Å². The number of hydrazine groups is 1. The van der Waals surface area contributed by atoms with Gasteiger partial charge < -0.3 is 10.1 Å². The molecule has 3 rings (SSSR count). The van der Waals surface area contributed by atoms with Crippen LogP contribution in [0.3, 0.4) is 0 Å². The predicted molar refractivity (Wildman–Crippen MR) is 124 cm³/mol. The number of sulfonamides is 1. The number of ether oxygens (including phenoxy) is 1. The molecule has 2 aromatic rings. The van der Waals surface area contributed by atoms with Crippen LogP contribution >= 0.6 is 0 Å². The highest BCUT2D eigenvalue weighted by atomic mass is 32.2. The van der Waals surface area contributed by atoms with E-state index in [1.165, 1.54) is 19.2 Å². The van der Waals surface area contributed by atoms with Crippen LogP contribution in [0.4, 0.5) is 4.79 Å². The molecule has 33 heavy (non-hydrogen) atoms. The van der Waals surface area contributed by atoms with Gasteiger partial charge in [-0.1, -0.05) is 31.2 Å². The number of piperidine rings is 1. The maximum atomic E-state index is 12.5. The fourth-order valence-corrected chi connectivity index (χ4v) is 4.45. The van der Waals surface area contributed by atoms with Crippen molar-refractivity contribution in [3.05, 3.63) is 59.7 Å². The molecule has 0 aliphatic carbocycles. The third-order valence-electron chi connectivity index (χ3n) is 5.55.